The number of carbonyl (C=O) groups is 1. The molecular weight excluding hydrogens is 381 g/mol. The number of amides is 1. The smallest absolute Gasteiger partial charge is 0.249 e. The van der Waals surface area contributed by atoms with Gasteiger partial charge in [0.05, 0.1) is 24.3 Å². The van der Waals surface area contributed by atoms with E-state index in [4.69, 9.17) is 21.7 Å². The zero-order chi connectivity index (χ0) is 19.7. The first kappa shape index (κ1) is 18.7. The molecule has 0 bridgehead atoms. The number of benzene rings is 2. The molecule has 1 aliphatic heterocycles. The van der Waals surface area contributed by atoms with Gasteiger partial charge < -0.3 is 5.32 Å². The van der Waals surface area contributed by atoms with Crippen molar-refractivity contribution in [3.05, 3.63) is 64.4 Å². The van der Waals surface area contributed by atoms with Crippen molar-refractivity contribution in [2.75, 3.05) is 11.9 Å². The van der Waals surface area contributed by atoms with Crippen molar-refractivity contribution < 1.29 is 14.0 Å². The van der Waals surface area contributed by atoms with Gasteiger partial charge in [-0.05, 0) is 48.7 Å². The van der Waals surface area contributed by atoms with Crippen molar-refractivity contribution in [3.63, 3.8) is 0 Å². The van der Waals surface area contributed by atoms with Gasteiger partial charge in [-0.3, -0.25) is 9.63 Å². The average molecular weight is 400 g/mol. The van der Waals surface area contributed by atoms with Gasteiger partial charge in [-0.2, -0.15) is 5.26 Å². The zero-order valence-corrected chi connectivity index (χ0v) is 15.8. The van der Waals surface area contributed by atoms with E-state index >= 15 is 0 Å². The van der Waals surface area contributed by atoms with Crippen molar-refractivity contribution in [2.24, 2.45) is 5.92 Å². The zero-order valence-electron chi connectivity index (χ0n) is 15.1. The van der Waals surface area contributed by atoms with Crippen LogP contribution in [0.15, 0.2) is 42.5 Å². The number of hydrogen-bond acceptors (Lipinski definition) is 4. The molecule has 4 rings (SSSR count). The van der Waals surface area contributed by atoms with Crippen molar-refractivity contribution in [1.82, 2.24) is 5.06 Å². The predicted octanol–water partition coefficient (Wildman–Crippen LogP) is 4.45. The third-order valence-electron chi connectivity index (χ3n) is 5.26. The Kier molecular flexibility index (Phi) is 5.21. The Hall–Kier alpha value is -2.62. The predicted molar refractivity (Wildman–Crippen MR) is 103 cm³/mol. The fourth-order valence-corrected chi connectivity index (χ4v) is 3.89. The van der Waals surface area contributed by atoms with E-state index in [1.165, 1.54) is 17.2 Å². The van der Waals surface area contributed by atoms with Gasteiger partial charge in [-0.25, -0.2) is 9.45 Å². The second-order valence-corrected chi connectivity index (χ2v) is 7.64. The van der Waals surface area contributed by atoms with E-state index < -0.39 is 5.82 Å². The minimum atomic E-state index is -0.454. The van der Waals surface area contributed by atoms with Crippen LogP contribution in [0, 0.1) is 23.1 Å². The molecule has 1 amide bonds. The maximum Gasteiger partial charge on any atom is 0.249 e. The van der Waals surface area contributed by atoms with Crippen LogP contribution >= 0.6 is 11.6 Å². The molecule has 7 heteroatoms. The van der Waals surface area contributed by atoms with Crippen LogP contribution in [0.4, 0.5) is 10.1 Å². The van der Waals surface area contributed by atoms with Crippen LogP contribution in [0.3, 0.4) is 0 Å². The number of carbonyl (C=O) groups excluding carboxylic acids is 1. The minimum absolute atomic E-state index is 0.0209. The van der Waals surface area contributed by atoms with Crippen LogP contribution in [-0.4, -0.2) is 23.6 Å². The fraction of sp³-hybridized carbons (Fsp3) is 0.333. The molecule has 5 nitrogen and oxygen atoms in total. The van der Waals surface area contributed by atoms with Crippen LogP contribution in [-0.2, 0) is 9.63 Å². The molecule has 1 saturated heterocycles. The summed E-state index contributed by atoms with van der Waals surface area (Å²) in [5, 5.41) is 14.3. The van der Waals surface area contributed by atoms with Crippen LogP contribution in [0.1, 0.15) is 36.4 Å². The Bertz CT molecular complexity index is 922. The molecule has 1 N–H and O–H groups in total. The van der Waals surface area contributed by atoms with E-state index in [1.54, 1.807) is 6.07 Å². The van der Waals surface area contributed by atoms with Gasteiger partial charge in [-0.1, -0.05) is 23.7 Å². The quantitative estimate of drug-likeness (QED) is 0.825. The normalized spacial score (nSPS) is 23.8. The highest BCUT2D eigenvalue weighted by atomic mass is 35.5. The number of hydrogen-bond donors (Lipinski definition) is 1. The van der Waals surface area contributed by atoms with Gasteiger partial charge in [0.2, 0.25) is 5.91 Å². The highest BCUT2D eigenvalue weighted by molar-refractivity contribution is 6.30. The minimum Gasteiger partial charge on any atom is -0.382 e. The fourth-order valence-electron chi connectivity index (χ4n) is 3.76. The molecule has 0 spiro atoms. The van der Waals surface area contributed by atoms with E-state index in [9.17, 15) is 9.18 Å². The molecule has 1 saturated carbocycles. The lowest BCUT2D eigenvalue weighted by molar-refractivity contribution is -0.184. The van der Waals surface area contributed by atoms with Gasteiger partial charge >= 0.3 is 0 Å². The van der Waals surface area contributed by atoms with Gasteiger partial charge in [0.1, 0.15) is 5.82 Å². The molecule has 1 atom stereocenters. The summed E-state index contributed by atoms with van der Waals surface area (Å²) in [6.07, 6.45) is 2.04. The summed E-state index contributed by atoms with van der Waals surface area (Å²) in [6.45, 7) is 0.508. The highest BCUT2D eigenvalue weighted by Crippen LogP contribution is 2.37. The van der Waals surface area contributed by atoms with E-state index in [-0.39, 0.29) is 29.5 Å². The van der Waals surface area contributed by atoms with Gasteiger partial charge in [0, 0.05) is 29.1 Å². The summed E-state index contributed by atoms with van der Waals surface area (Å²) in [6, 6.07) is 13.5. The summed E-state index contributed by atoms with van der Waals surface area (Å²) >= 11 is 5.95. The molecule has 0 aromatic heterocycles. The van der Waals surface area contributed by atoms with Crippen LogP contribution in [0.2, 0.25) is 5.02 Å². The summed E-state index contributed by atoms with van der Waals surface area (Å²) < 4.78 is 13.5. The molecule has 1 heterocycles. The first-order valence-corrected chi connectivity index (χ1v) is 9.60. The summed E-state index contributed by atoms with van der Waals surface area (Å²) in [5.41, 5.74) is 1.84. The molecule has 144 valence electrons. The van der Waals surface area contributed by atoms with Gasteiger partial charge in [0.25, 0.3) is 0 Å². The van der Waals surface area contributed by atoms with Crippen molar-refractivity contribution in [1.29, 1.82) is 5.26 Å². The molecule has 2 aromatic carbocycles. The SMILES string of the molecule is N#Cc1cc(F)cc(N[C@H]2C[C@@H](C(=O)N3OCC[C@H]3c3ccc(Cl)cc3)C2)c1. The van der Waals surface area contributed by atoms with E-state index in [0.717, 1.165) is 12.0 Å². The standard InChI is InChI=1S/C21H19ClFN3O2/c22-16-3-1-14(2-4-16)20-5-6-28-26(20)21(27)15-9-19(10-15)25-18-8-13(12-24)7-17(23)11-18/h1-4,7-8,11,15,19-20,25H,5-6,9-10H2/t15-,19+,20-/m0/s1. The van der Waals surface area contributed by atoms with E-state index in [0.29, 0.717) is 30.2 Å². The number of nitriles is 1. The topological polar surface area (TPSA) is 65.4 Å². The molecular formula is C21H19ClFN3O2. The Morgan fingerprint density at radius 1 is 1.25 bits per heavy atom. The summed E-state index contributed by atoms with van der Waals surface area (Å²) in [5.74, 6) is -0.605. The first-order valence-electron chi connectivity index (χ1n) is 9.22. The van der Waals surface area contributed by atoms with E-state index in [2.05, 4.69) is 5.32 Å². The van der Waals surface area contributed by atoms with Crippen molar-refractivity contribution in [2.45, 2.75) is 31.3 Å². The maximum absolute atomic E-state index is 13.5. The lowest BCUT2D eigenvalue weighted by atomic mass is 9.79. The molecule has 1 aliphatic carbocycles. The molecule has 2 aromatic rings. The lowest BCUT2D eigenvalue weighted by Gasteiger charge is -2.38. The number of hydroxylamine groups is 2. The number of rotatable bonds is 4. The highest BCUT2D eigenvalue weighted by Gasteiger charge is 2.41. The van der Waals surface area contributed by atoms with Gasteiger partial charge in [0.15, 0.2) is 0 Å². The van der Waals surface area contributed by atoms with Crippen LogP contribution in [0.5, 0.6) is 0 Å². The second-order valence-electron chi connectivity index (χ2n) is 7.20. The molecule has 2 aliphatic rings. The van der Waals surface area contributed by atoms with Crippen LogP contribution in [0.25, 0.3) is 0 Å². The number of nitrogens with one attached hydrogen (secondary N) is 1. The largest absolute Gasteiger partial charge is 0.382 e. The average Bonchev–Trinajstić information content (AvgIpc) is 3.13. The molecule has 2 fully saturated rings. The van der Waals surface area contributed by atoms with Crippen LogP contribution < -0.4 is 5.32 Å². The lowest BCUT2D eigenvalue weighted by Crippen LogP contribution is -2.45. The maximum atomic E-state index is 13.5. The number of halogens is 2. The third kappa shape index (κ3) is 3.82. The monoisotopic (exact) mass is 399 g/mol. The Labute approximate surface area is 167 Å². The second kappa shape index (κ2) is 7.78. The van der Waals surface area contributed by atoms with E-state index in [1.807, 2.05) is 30.3 Å². The Morgan fingerprint density at radius 2 is 2.00 bits per heavy atom. The van der Waals surface area contributed by atoms with Gasteiger partial charge in [-0.15, -0.1) is 0 Å². The third-order valence-corrected chi connectivity index (χ3v) is 5.51. The number of anilines is 1. The molecule has 0 unspecified atom stereocenters. The summed E-state index contributed by atoms with van der Waals surface area (Å²) in [4.78, 5) is 18.5. The first-order chi connectivity index (χ1) is 13.5. The van der Waals surface area contributed by atoms with Crippen molar-refractivity contribution >= 4 is 23.2 Å². The molecule has 0 radical (unpaired) electrons. The number of nitrogens with zero attached hydrogens (tertiary/aromatic N) is 2. The van der Waals surface area contributed by atoms with Crippen molar-refractivity contribution in [3.8, 4) is 6.07 Å². The summed E-state index contributed by atoms with van der Waals surface area (Å²) in [7, 11) is 0. The molecule has 28 heavy (non-hydrogen) atoms. The Balaban J connectivity index is 1.36. The Morgan fingerprint density at radius 3 is 2.71 bits per heavy atom.